The third-order valence-corrected chi connectivity index (χ3v) is 10.9. The van der Waals surface area contributed by atoms with E-state index in [0.29, 0.717) is 0 Å². The zero-order valence-corrected chi connectivity index (χ0v) is 29.8. The van der Waals surface area contributed by atoms with Crippen molar-refractivity contribution in [1.29, 1.82) is 0 Å². The molecule has 3 nitrogen and oxygen atoms in total. The van der Waals surface area contributed by atoms with Gasteiger partial charge in [-0.3, -0.25) is 0 Å². The normalized spacial score (nSPS) is 11.6. The lowest BCUT2D eigenvalue weighted by molar-refractivity contribution is 0.669. The number of hydrogen-bond acceptors (Lipinski definition) is 3. The summed E-state index contributed by atoms with van der Waals surface area (Å²) in [6.45, 7) is 0. The molecule has 0 bridgehead atoms. The zero-order valence-electron chi connectivity index (χ0n) is 29.8. The highest BCUT2D eigenvalue weighted by molar-refractivity contribution is 6.21. The van der Waals surface area contributed by atoms with E-state index in [2.05, 4.69) is 187 Å². The maximum absolute atomic E-state index is 6.78. The van der Waals surface area contributed by atoms with E-state index < -0.39 is 0 Å². The zero-order chi connectivity index (χ0) is 36.3. The number of benzene rings is 9. The largest absolute Gasteiger partial charge is 0.456 e. The molecule has 55 heavy (non-hydrogen) atoms. The molecule has 2 heterocycles. The molecule has 0 N–H and O–H groups in total. The minimum atomic E-state index is 0.863. The van der Waals surface area contributed by atoms with Gasteiger partial charge in [0.15, 0.2) is 0 Å². The van der Waals surface area contributed by atoms with Gasteiger partial charge in [-0.2, -0.15) is 0 Å². The van der Waals surface area contributed by atoms with Gasteiger partial charge in [0.25, 0.3) is 0 Å². The van der Waals surface area contributed by atoms with Crippen LogP contribution in [0.15, 0.2) is 209 Å². The summed E-state index contributed by atoms with van der Waals surface area (Å²) in [6, 6.07) is 70.8. The monoisotopic (exact) mass is 703 g/mol. The van der Waals surface area contributed by atoms with E-state index in [1.165, 1.54) is 11.1 Å². The van der Waals surface area contributed by atoms with E-state index in [1.54, 1.807) is 0 Å². The van der Waals surface area contributed by atoms with Crippen LogP contribution >= 0.6 is 0 Å². The highest BCUT2D eigenvalue weighted by Gasteiger charge is 2.21. The molecule has 0 saturated heterocycles. The topological polar surface area (TPSA) is 29.5 Å². The van der Waals surface area contributed by atoms with E-state index in [9.17, 15) is 0 Å². The first kappa shape index (κ1) is 31.2. The molecule has 0 aliphatic heterocycles. The summed E-state index contributed by atoms with van der Waals surface area (Å²) in [4.78, 5) is 2.36. The van der Waals surface area contributed by atoms with E-state index in [-0.39, 0.29) is 0 Å². The molecular weight excluding hydrogens is 671 g/mol. The predicted molar refractivity (Wildman–Crippen MR) is 229 cm³/mol. The lowest BCUT2D eigenvalue weighted by atomic mass is 9.94. The molecule has 9 aromatic carbocycles. The summed E-state index contributed by atoms with van der Waals surface area (Å²) in [7, 11) is 0. The molecular formula is C52H33NO2. The minimum absolute atomic E-state index is 0.863. The Hall–Kier alpha value is -7.36. The molecule has 0 amide bonds. The minimum Gasteiger partial charge on any atom is -0.456 e. The third-order valence-electron chi connectivity index (χ3n) is 10.9. The van der Waals surface area contributed by atoms with Gasteiger partial charge >= 0.3 is 0 Å². The van der Waals surface area contributed by atoms with Crippen LogP contribution in [0.2, 0.25) is 0 Å². The van der Waals surface area contributed by atoms with Crippen molar-refractivity contribution < 1.29 is 8.83 Å². The number of fused-ring (bicyclic) bond motifs is 8. The van der Waals surface area contributed by atoms with E-state index in [0.717, 1.165) is 94.0 Å². The number of rotatable bonds is 6. The standard InChI is InChI=1S/C52H33NO2/c1-3-14-34(15-4-1)37-18-11-19-39(32-37)53(47-25-13-27-49-50(47)44-22-9-10-26-48(44)54-49)38-30-28-36(29-31-38)45-33-46-43-24-12-23-40(35-16-5-2-6-17-35)51(43)55-52(46)42-21-8-7-20-41(42)45/h1-33H. The van der Waals surface area contributed by atoms with Crippen molar-refractivity contribution in [2.24, 2.45) is 0 Å². The molecule has 2 aromatic heterocycles. The molecule has 3 heteroatoms. The van der Waals surface area contributed by atoms with Crippen LogP contribution in [0.25, 0.3) is 88.0 Å². The summed E-state index contributed by atoms with van der Waals surface area (Å²) < 4.78 is 13.2. The molecule has 0 aliphatic rings. The molecule has 0 spiro atoms. The lowest BCUT2D eigenvalue weighted by Crippen LogP contribution is -2.10. The van der Waals surface area contributed by atoms with Gasteiger partial charge in [-0.15, -0.1) is 0 Å². The van der Waals surface area contributed by atoms with Crippen molar-refractivity contribution in [2.45, 2.75) is 0 Å². The van der Waals surface area contributed by atoms with Crippen molar-refractivity contribution in [2.75, 3.05) is 4.90 Å². The van der Waals surface area contributed by atoms with Crippen LogP contribution in [0, 0.1) is 0 Å². The second-order valence-electron chi connectivity index (χ2n) is 14.0. The summed E-state index contributed by atoms with van der Waals surface area (Å²) in [6.07, 6.45) is 0. The number of para-hydroxylation sites is 2. The first-order chi connectivity index (χ1) is 27.3. The fourth-order valence-corrected chi connectivity index (χ4v) is 8.32. The quantitative estimate of drug-likeness (QED) is 0.173. The van der Waals surface area contributed by atoms with Gasteiger partial charge in [0, 0.05) is 38.5 Å². The number of nitrogens with zero attached hydrogens (tertiary/aromatic N) is 1. The number of hydrogen-bond donors (Lipinski definition) is 0. The predicted octanol–water partition coefficient (Wildman–Crippen LogP) is 15.1. The Morgan fingerprint density at radius 2 is 0.909 bits per heavy atom. The van der Waals surface area contributed by atoms with Gasteiger partial charge in [-0.05, 0) is 81.7 Å². The van der Waals surface area contributed by atoms with Gasteiger partial charge in [0.05, 0.1) is 11.1 Å². The van der Waals surface area contributed by atoms with Crippen molar-refractivity contribution in [1.82, 2.24) is 0 Å². The fraction of sp³-hybridized carbons (Fsp3) is 0. The van der Waals surface area contributed by atoms with E-state index in [1.807, 2.05) is 18.2 Å². The van der Waals surface area contributed by atoms with Gasteiger partial charge in [-0.25, -0.2) is 0 Å². The van der Waals surface area contributed by atoms with Crippen molar-refractivity contribution in [3.8, 4) is 33.4 Å². The van der Waals surface area contributed by atoms with Gasteiger partial charge in [0.1, 0.15) is 22.3 Å². The Labute approximate surface area is 317 Å². The summed E-state index contributed by atoms with van der Waals surface area (Å²) in [5.74, 6) is 0. The maximum Gasteiger partial charge on any atom is 0.143 e. The van der Waals surface area contributed by atoms with Crippen LogP contribution in [0.4, 0.5) is 17.1 Å². The second-order valence-corrected chi connectivity index (χ2v) is 14.0. The average Bonchev–Trinajstić information content (AvgIpc) is 3.84. The SMILES string of the molecule is c1ccc(-c2cccc(N(c3ccc(-c4cc5c6cccc(-c7ccccc7)c6oc5c5ccccc45)cc3)c3cccc4oc5ccccc5c34)c2)cc1. The summed E-state index contributed by atoms with van der Waals surface area (Å²) >= 11 is 0. The van der Waals surface area contributed by atoms with Gasteiger partial charge in [-0.1, -0.05) is 152 Å². The molecule has 0 fully saturated rings. The molecule has 0 radical (unpaired) electrons. The van der Waals surface area contributed by atoms with Gasteiger partial charge in [0.2, 0.25) is 0 Å². The number of furan rings is 2. The first-order valence-electron chi connectivity index (χ1n) is 18.7. The molecule has 0 atom stereocenters. The van der Waals surface area contributed by atoms with Crippen LogP contribution in [-0.2, 0) is 0 Å². The summed E-state index contributed by atoms with van der Waals surface area (Å²) in [5, 5.41) is 6.67. The Morgan fingerprint density at radius 3 is 1.73 bits per heavy atom. The van der Waals surface area contributed by atoms with Crippen LogP contribution in [0.5, 0.6) is 0 Å². The average molecular weight is 704 g/mol. The molecule has 11 rings (SSSR count). The molecule has 0 saturated carbocycles. The molecule has 0 unspecified atom stereocenters. The highest BCUT2D eigenvalue weighted by Crippen LogP contribution is 2.46. The first-order valence-corrected chi connectivity index (χ1v) is 18.7. The van der Waals surface area contributed by atoms with E-state index >= 15 is 0 Å². The van der Waals surface area contributed by atoms with Crippen LogP contribution in [0.1, 0.15) is 0 Å². The van der Waals surface area contributed by atoms with Crippen LogP contribution < -0.4 is 4.90 Å². The Bertz CT molecular complexity index is 3190. The molecule has 0 aliphatic carbocycles. The highest BCUT2D eigenvalue weighted by atomic mass is 16.3. The summed E-state index contributed by atoms with van der Waals surface area (Å²) in [5.41, 5.74) is 13.6. The second kappa shape index (κ2) is 12.6. The third kappa shape index (κ3) is 5.13. The smallest absolute Gasteiger partial charge is 0.143 e. The van der Waals surface area contributed by atoms with Crippen molar-refractivity contribution in [3.63, 3.8) is 0 Å². The Balaban J connectivity index is 1.10. The van der Waals surface area contributed by atoms with Crippen molar-refractivity contribution >= 4 is 71.7 Å². The van der Waals surface area contributed by atoms with Crippen molar-refractivity contribution in [3.05, 3.63) is 200 Å². The van der Waals surface area contributed by atoms with Crippen LogP contribution in [0.3, 0.4) is 0 Å². The molecule has 258 valence electrons. The molecule has 11 aromatic rings. The Kier molecular flexibility index (Phi) is 7.17. The number of anilines is 3. The Morgan fingerprint density at radius 1 is 0.309 bits per heavy atom. The van der Waals surface area contributed by atoms with Crippen LogP contribution in [-0.4, -0.2) is 0 Å². The maximum atomic E-state index is 6.78. The fourth-order valence-electron chi connectivity index (χ4n) is 8.32. The lowest BCUT2D eigenvalue weighted by Gasteiger charge is -2.27. The van der Waals surface area contributed by atoms with Gasteiger partial charge < -0.3 is 13.7 Å². The van der Waals surface area contributed by atoms with E-state index in [4.69, 9.17) is 8.83 Å².